The summed E-state index contributed by atoms with van der Waals surface area (Å²) in [5.41, 5.74) is 1.82. The Bertz CT molecular complexity index is 1090. The van der Waals surface area contributed by atoms with E-state index in [1.165, 1.54) is 0 Å². The molecule has 2 aliphatic rings. The molecule has 5 rings (SSSR count). The minimum absolute atomic E-state index is 0.0203. The molecule has 1 fully saturated rings. The van der Waals surface area contributed by atoms with Crippen LogP contribution in [0.25, 0.3) is 0 Å². The Hall–Kier alpha value is -3.13. The molecule has 8 heteroatoms. The van der Waals surface area contributed by atoms with Gasteiger partial charge < -0.3 is 14.2 Å². The lowest BCUT2D eigenvalue weighted by atomic mass is 9.78. The number of pyridine rings is 1. The molecule has 0 N–H and O–H groups in total. The molecule has 3 atom stereocenters. The number of amides is 1. The molecule has 0 radical (unpaired) electrons. The third kappa shape index (κ3) is 3.83. The molecule has 0 unspecified atom stereocenters. The fraction of sp³-hybridized carbons (Fsp3) is 0.435. The first kappa shape index (κ1) is 19.8. The van der Waals surface area contributed by atoms with Gasteiger partial charge >= 0.3 is 0 Å². The van der Waals surface area contributed by atoms with Crippen molar-refractivity contribution in [3.8, 4) is 0 Å². The summed E-state index contributed by atoms with van der Waals surface area (Å²) in [6.07, 6.45) is 7.95. The van der Waals surface area contributed by atoms with E-state index < -0.39 is 6.04 Å². The molecule has 31 heavy (non-hydrogen) atoms. The lowest BCUT2D eigenvalue weighted by molar-refractivity contribution is -0.137. The molecule has 0 spiro atoms. The number of nitrogens with zero attached hydrogens (tertiary/aromatic N) is 5. The quantitative estimate of drug-likeness (QED) is 0.608. The molecule has 3 aromatic rings. The van der Waals surface area contributed by atoms with Crippen LogP contribution in [0.15, 0.2) is 64.5 Å². The fourth-order valence-corrected chi connectivity index (χ4v) is 5.16. The van der Waals surface area contributed by atoms with Gasteiger partial charge in [-0.25, -0.2) is 0 Å². The number of hydrogen-bond donors (Lipinski definition) is 0. The lowest BCUT2D eigenvalue weighted by Crippen LogP contribution is -2.53. The molecule has 8 nitrogen and oxygen atoms in total. The number of rotatable bonds is 6. The fourth-order valence-electron chi connectivity index (χ4n) is 5.16. The molecule has 0 aromatic carbocycles. The predicted molar refractivity (Wildman–Crippen MR) is 114 cm³/mol. The number of hydrogen-bond acceptors (Lipinski definition) is 5. The highest BCUT2D eigenvalue weighted by Crippen LogP contribution is 2.41. The third-order valence-corrected chi connectivity index (χ3v) is 6.56. The zero-order valence-electron chi connectivity index (χ0n) is 17.6. The van der Waals surface area contributed by atoms with Crippen LogP contribution in [0, 0.1) is 5.92 Å². The number of likely N-dealkylation sites (N-methyl/N-ethyl adjacent to an activating group) is 1. The average Bonchev–Trinajstić information content (AvgIpc) is 3.47. The van der Waals surface area contributed by atoms with Crippen molar-refractivity contribution < 1.29 is 9.21 Å². The van der Waals surface area contributed by atoms with E-state index in [1.54, 1.807) is 41.3 Å². The Balaban J connectivity index is 1.42. The molecule has 2 aliphatic heterocycles. The van der Waals surface area contributed by atoms with Crippen molar-refractivity contribution in [1.29, 1.82) is 0 Å². The van der Waals surface area contributed by atoms with Gasteiger partial charge in [-0.3, -0.25) is 18.8 Å². The summed E-state index contributed by atoms with van der Waals surface area (Å²) in [5.74, 6) is 0.338. The second-order valence-electron chi connectivity index (χ2n) is 8.65. The zero-order chi connectivity index (χ0) is 21.4. The van der Waals surface area contributed by atoms with Gasteiger partial charge in [-0.1, -0.05) is 6.07 Å². The van der Waals surface area contributed by atoms with Crippen LogP contribution in [0.5, 0.6) is 0 Å². The second kappa shape index (κ2) is 8.19. The van der Waals surface area contributed by atoms with Crippen LogP contribution in [-0.2, 0) is 17.9 Å². The van der Waals surface area contributed by atoms with Gasteiger partial charge in [0.2, 0.25) is 5.91 Å². The van der Waals surface area contributed by atoms with Gasteiger partial charge in [-0.2, -0.15) is 5.10 Å². The predicted octanol–water partition coefficient (Wildman–Crippen LogP) is 1.96. The number of likely N-dealkylation sites (tertiary alicyclic amines) is 1. The number of carbonyl (C=O) groups excluding carboxylic acids is 1. The Kier molecular flexibility index (Phi) is 5.23. The van der Waals surface area contributed by atoms with E-state index in [0.717, 1.165) is 43.9 Å². The van der Waals surface area contributed by atoms with Crippen LogP contribution >= 0.6 is 0 Å². The van der Waals surface area contributed by atoms with Crippen molar-refractivity contribution >= 4 is 5.91 Å². The van der Waals surface area contributed by atoms with Crippen LogP contribution in [-0.4, -0.2) is 56.7 Å². The largest absolute Gasteiger partial charge is 0.472 e. The number of carbonyl (C=O) groups is 1. The molecule has 1 amide bonds. The smallest absolute Gasteiger partial charge is 0.251 e. The molecule has 1 saturated heterocycles. The Morgan fingerprint density at radius 2 is 2.13 bits per heavy atom. The third-order valence-electron chi connectivity index (χ3n) is 6.56. The standard InChI is InChI=1S/C23H27N5O3/c1-25(13-17-6-11-31-16-17)23(30)22-19-12-18(20-4-2-5-21(29)28(20)22)14-26(15-19)9-10-27-8-3-7-24-27/h2-8,11,16,18-19,22H,9-10,12-15H2,1H3/t18-,19+,22+/m0/s1. The summed E-state index contributed by atoms with van der Waals surface area (Å²) in [4.78, 5) is 30.6. The Labute approximate surface area is 180 Å². The molecular weight excluding hydrogens is 394 g/mol. The van der Waals surface area contributed by atoms with Gasteiger partial charge in [0.05, 0.1) is 19.1 Å². The number of piperidine rings is 1. The monoisotopic (exact) mass is 421 g/mol. The molecule has 3 aromatic heterocycles. The summed E-state index contributed by atoms with van der Waals surface area (Å²) in [7, 11) is 1.80. The molecule has 0 saturated carbocycles. The summed E-state index contributed by atoms with van der Waals surface area (Å²) in [6.45, 7) is 3.84. The van der Waals surface area contributed by atoms with Crippen molar-refractivity contribution in [2.24, 2.45) is 5.92 Å². The first-order valence-electron chi connectivity index (χ1n) is 10.8. The highest BCUT2D eigenvalue weighted by molar-refractivity contribution is 5.81. The van der Waals surface area contributed by atoms with Crippen LogP contribution in [0.2, 0.25) is 0 Å². The first-order chi connectivity index (χ1) is 15.1. The lowest BCUT2D eigenvalue weighted by Gasteiger charge is -2.47. The molecule has 0 aliphatic carbocycles. The topological polar surface area (TPSA) is 76.5 Å². The number of furan rings is 1. The van der Waals surface area contributed by atoms with E-state index in [4.69, 9.17) is 4.42 Å². The van der Waals surface area contributed by atoms with Gasteiger partial charge in [0.1, 0.15) is 6.04 Å². The SMILES string of the molecule is CN(Cc1ccoc1)C(=O)[C@H]1[C@@H]2C[C@@H](CN(CCn3cccn3)C2)c2cccc(=O)n21. The van der Waals surface area contributed by atoms with Crippen molar-refractivity contribution in [2.75, 3.05) is 26.7 Å². The maximum Gasteiger partial charge on any atom is 0.251 e. The van der Waals surface area contributed by atoms with Crippen LogP contribution in [0.4, 0.5) is 0 Å². The molecule has 5 heterocycles. The minimum Gasteiger partial charge on any atom is -0.472 e. The van der Waals surface area contributed by atoms with Gasteiger partial charge in [-0.15, -0.1) is 0 Å². The maximum atomic E-state index is 13.6. The van der Waals surface area contributed by atoms with E-state index >= 15 is 0 Å². The van der Waals surface area contributed by atoms with Gasteiger partial charge in [0.15, 0.2) is 0 Å². The highest BCUT2D eigenvalue weighted by atomic mass is 16.3. The average molecular weight is 422 g/mol. The normalized spacial score (nSPS) is 22.8. The number of fused-ring (bicyclic) bond motifs is 4. The van der Waals surface area contributed by atoms with E-state index in [1.807, 2.05) is 35.1 Å². The summed E-state index contributed by atoms with van der Waals surface area (Å²) < 4.78 is 8.84. The van der Waals surface area contributed by atoms with Crippen LogP contribution in [0.1, 0.15) is 29.6 Å². The molecule has 162 valence electrons. The summed E-state index contributed by atoms with van der Waals surface area (Å²) >= 11 is 0. The summed E-state index contributed by atoms with van der Waals surface area (Å²) in [6, 6.07) is 8.70. The molecule has 2 bridgehead atoms. The Morgan fingerprint density at radius 1 is 1.23 bits per heavy atom. The minimum atomic E-state index is -0.482. The Morgan fingerprint density at radius 3 is 2.90 bits per heavy atom. The van der Waals surface area contributed by atoms with Gasteiger partial charge in [0, 0.05) is 74.8 Å². The van der Waals surface area contributed by atoms with E-state index in [-0.39, 0.29) is 23.3 Å². The number of aromatic nitrogens is 3. The van der Waals surface area contributed by atoms with E-state index in [2.05, 4.69) is 10.00 Å². The zero-order valence-corrected chi connectivity index (χ0v) is 17.6. The first-order valence-corrected chi connectivity index (χ1v) is 10.8. The van der Waals surface area contributed by atoms with Gasteiger partial charge in [0.25, 0.3) is 5.56 Å². The van der Waals surface area contributed by atoms with E-state index in [9.17, 15) is 9.59 Å². The van der Waals surface area contributed by atoms with Gasteiger partial charge in [-0.05, 0) is 24.6 Å². The summed E-state index contributed by atoms with van der Waals surface area (Å²) in [5, 5.41) is 4.30. The van der Waals surface area contributed by atoms with Crippen LogP contribution < -0.4 is 5.56 Å². The van der Waals surface area contributed by atoms with Crippen LogP contribution in [0.3, 0.4) is 0 Å². The maximum absolute atomic E-state index is 13.6. The van der Waals surface area contributed by atoms with Crippen molar-refractivity contribution in [2.45, 2.75) is 31.5 Å². The highest BCUT2D eigenvalue weighted by Gasteiger charge is 2.44. The van der Waals surface area contributed by atoms with Crippen molar-refractivity contribution in [1.82, 2.24) is 24.1 Å². The second-order valence-corrected chi connectivity index (χ2v) is 8.65. The molecular formula is C23H27N5O3. The van der Waals surface area contributed by atoms with E-state index in [0.29, 0.717) is 6.54 Å². The van der Waals surface area contributed by atoms with Crippen molar-refractivity contribution in [3.05, 3.63) is 76.9 Å². The van der Waals surface area contributed by atoms with Crippen molar-refractivity contribution in [3.63, 3.8) is 0 Å².